The molecular weight excluding hydrogens is 400 g/mol. The molecule has 2 aromatic rings. The van der Waals surface area contributed by atoms with E-state index in [1.54, 1.807) is 0 Å². The van der Waals surface area contributed by atoms with E-state index < -0.39 is 0 Å². The van der Waals surface area contributed by atoms with E-state index in [0.717, 1.165) is 23.8 Å². The van der Waals surface area contributed by atoms with E-state index in [4.69, 9.17) is 9.47 Å². The first-order valence-electron chi connectivity index (χ1n) is 12.5. The van der Waals surface area contributed by atoms with Crippen molar-refractivity contribution in [1.82, 2.24) is 0 Å². The SMILES string of the molecule is CCCCCCCCCCCCOC(=O)CCCC(=O)OCc1ccc2ccccc2c1. The van der Waals surface area contributed by atoms with Crippen LogP contribution in [0.3, 0.4) is 0 Å². The minimum atomic E-state index is -0.277. The molecule has 0 radical (unpaired) electrons. The van der Waals surface area contributed by atoms with Crippen LogP contribution in [0.4, 0.5) is 0 Å². The Morgan fingerprint density at radius 2 is 1.25 bits per heavy atom. The molecule has 0 saturated carbocycles. The highest BCUT2D eigenvalue weighted by molar-refractivity contribution is 5.83. The number of ether oxygens (including phenoxy) is 2. The van der Waals surface area contributed by atoms with Gasteiger partial charge in [-0.1, -0.05) is 101 Å². The molecule has 0 spiro atoms. The monoisotopic (exact) mass is 440 g/mol. The summed E-state index contributed by atoms with van der Waals surface area (Å²) in [5, 5.41) is 2.30. The van der Waals surface area contributed by atoms with Crippen LogP contribution in [0, 0.1) is 0 Å². The smallest absolute Gasteiger partial charge is 0.306 e. The van der Waals surface area contributed by atoms with E-state index in [-0.39, 0.29) is 31.4 Å². The number of benzene rings is 2. The second-order valence-corrected chi connectivity index (χ2v) is 8.60. The fraction of sp³-hybridized carbons (Fsp3) is 0.571. The van der Waals surface area contributed by atoms with E-state index in [9.17, 15) is 9.59 Å². The lowest BCUT2D eigenvalue weighted by atomic mass is 10.1. The molecule has 0 atom stereocenters. The molecule has 32 heavy (non-hydrogen) atoms. The van der Waals surface area contributed by atoms with Crippen LogP contribution in [0.1, 0.15) is 96.0 Å². The van der Waals surface area contributed by atoms with Gasteiger partial charge in [-0.2, -0.15) is 0 Å². The Morgan fingerprint density at radius 1 is 0.656 bits per heavy atom. The lowest BCUT2D eigenvalue weighted by Crippen LogP contribution is -2.09. The normalized spacial score (nSPS) is 10.9. The van der Waals surface area contributed by atoms with E-state index >= 15 is 0 Å². The highest BCUT2D eigenvalue weighted by Gasteiger charge is 2.08. The first-order chi connectivity index (χ1) is 15.7. The molecule has 4 heteroatoms. The third-order valence-corrected chi connectivity index (χ3v) is 5.74. The van der Waals surface area contributed by atoms with E-state index in [2.05, 4.69) is 13.0 Å². The molecule has 0 fully saturated rings. The van der Waals surface area contributed by atoms with Crippen LogP contribution >= 0.6 is 0 Å². The molecule has 0 aliphatic heterocycles. The summed E-state index contributed by atoms with van der Waals surface area (Å²) >= 11 is 0. The lowest BCUT2D eigenvalue weighted by Gasteiger charge is -2.07. The Hall–Kier alpha value is -2.36. The summed E-state index contributed by atoms with van der Waals surface area (Å²) in [6, 6.07) is 14.1. The van der Waals surface area contributed by atoms with Crippen molar-refractivity contribution in [3.05, 3.63) is 48.0 Å². The fourth-order valence-electron chi connectivity index (χ4n) is 3.79. The maximum absolute atomic E-state index is 11.9. The second-order valence-electron chi connectivity index (χ2n) is 8.60. The maximum Gasteiger partial charge on any atom is 0.306 e. The summed E-state index contributed by atoms with van der Waals surface area (Å²) in [6.07, 6.45) is 13.6. The van der Waals surface area contributed by atoms with Crippen molar-refractivity contribution in [2.45, 2.75) is 97.0 Å². The van der Waals surface area contributed by atoms with Crippen molar-refractivity contribution < 1.29 is 19.1 Å². The molecule has 0 saturated heterocycles. The Kier molecular flexibility index (Phi) is 13.2. The average Bonchev–Trinajstić information content (AvgIpc) is 2.81. The molecule has 176 valence electrons. The summed E-state index contributed by atoms with van der Waals surface area (Å²) in [5.41, 5.74) is 0.966. The van der Waals surface area contributed by atoms with Crippen LogP contribution in [0.2, 0.25) is 0 Å². The van der Waals surface area contributed by atoms with Crippen molar-refractivity contribution in [2.24, 2.45) is 0 Å². The first-order valence-corrected chi connectivity index (χ1v) is 12.5. The molecule has 2 aromatic carbocycles. The minimum absolute atomic E-state index is 0.219. The van der Waals surface area contributed by atoms with Gasteiger partial charge >= 0.3 is 11.9 Å². The third-order valence-electron chi connectivity index (χ3n) is 5.74. The predicted octanol–water partition coefficient (Wildman–Crippen LogP) is 7.52. The Bertz CT molecular complexity index is 799. The van der Waals surface area contributed by atoms with Gasteiger partial charge in [0.25, 0.3) is 0 Å². The highest BCUT2D eigenvalue weighted by atomic mass is 16.5. The lowest BCUT2D eigenvalue weighted by molar-refractivity contribution is -0.146. The minimum Gasteiger partial charge on any atom is -0.466 e. The van der Waals surface area contributed by atoms with Crippen molar-refractivity contribution >= 4 is 22.7 Å². The number of hydrogen-bond donors (Lipinski definition) is 0. The molecule has 0 N–H and O–H groups in total. The molecule has 0 aliphatic carbocycles. The topological polar surface area (TPSA) is 52.6 Å². The molecule has 4 nitrogen and oxygen atoms in total. The van der Waals surface area contributed by atoms with Gasteiger partial charge < -0.3 is 9.47 Å². The fourth-order valence-corrected chi connectivity index (χ4v) is 3.79. The molecular formula is C28H40O4. The molecule has 0 amide bonds. The Morgan fingerprint density at radius 3 is 1.94 bits per heavy atom. The number of rotatable bonds is 17. The van der Waals surface area contributed by atoms with Crippen LogP contribution in [-0.2, 0) is 25.7 Å². The van der Waals surface area contributed by atoms with Crippen LogP contribution in [0.15, 0.2) is 42.5 Å². The number of esters is 2. The number of unbranched alkanes of at least 4 members (excludes halogenated alkanes) is 9. The van der Waals surface area contributed by atoms with E-state index in [0.29, 0.717) is 13.0 Å². The summed E-state index contributed by atoms with van der Waals surface area (Å²) < 4.78 is 10.6. The van der Waals surface area contributed by atoms with Gasteiger partial charge in [-0.25, -0.2) is 0 Å². The Labute approximate surface area is 193 Å². The van der Waals surface area contributed by atoms with E-state index in [1.807, 2.05) is 36.4 Å². The van der Waals surface area contributed by atoms with Gasteiger partial charge in [0.1, 0.15) is 6.61 Å². The van der Waals surface area contributed by atoms with Crippen molar-refractivity contribution in [1.29, 1.82) is 0 Å². The van der Waals surface area contributed by atoms with Gasteiger partial charge in [-0.3, -0.25) is 9.59 Å². The summed E-state index contributed by atoms with van der Waals surface area (Å²) in [4.78, 5) is 23.8. The maximum atomic E-state index is 11.9. The molecule has 2 rings (SSSR count). The van der Waals surface area contributed by atoms with Gasteiger partial charge in [0.2, 0.25) is 0 Å². The van der Waals surface area contributed by atoms with E-state index in [1.165, 1.54) is 56.8 Å². The molecule has 0 aliphatic rings. The Balaban J connectivity index is 1.43. The van der Waals surface area contributed by atoms with Gasteiger partial charge in [0.15, 0.2) is 0 Å². The van der Waals surface area contributed by atoms with Crippen LogP contribution in [-0.4, -0.2) is 18.5 Å². The van der Waals surface area contributed by atoms with Crippen molar-refractivity contribution in [2.75, 3.05) is 6.61 Å². The van der Waals surface area contributed by atoms with Crippen molar-refractivity contribution in [3.8, 4) is 0 Å². The molecule has 0 heterocycles. The third kappa shape index (κ3) is 11.3. The molecule has 0 aromatic heterocycles. The highest BCUT2D eigenvalue weighted by Crippen LogP contribution is 2.16. The molecule has 0 unspecified atom stereocenters. The van der Waals surface area contributed by atoms with Gasteiger partial charge in [-0.15, -0.1) is 0 Å². The summed E-state index contributed by atoms with van der Waals surface area (Å²) in [7, 11) is 0. The molecule has 0 bridgehead atoms. The van der Waals surface area contributed by atoms with Gasteiger partial charge in [0, 0.05) is 12.8 Å². The van der Waals surface area contributed by atoms with Crippen LogP contribution < -0.4 is 0 Å². The zero-order valence-corrected chi connectivity index (χ0v) is 19.8. The predicted molar refractivity (Wildman–Crippen MR) is 130 cm³/mol. The average molecular weight is 441 g/mol. The zero-order valence-electron chi connectivity index (χ0n) is 19.8. The zero-order chi connectivity index (χ0) is 22.9. The summed E-state index contributed by atoms with van der Waals surface area (Å²) in [6.45, 7) is 2.99. The first kappa shape index (κ1) is 25.9. The largest absolute Gasteiger partial charge is 0.466 e. The quantitative estimate of drug-likeness (QED) is 0.188. The number of hydrogen-bond acceptors (Lipinski definition) is 4. The van der Waals surface area contributed by atoms with Crippen molar-refractivity contribution in [3.63, 3.8) is 0 Å². The summed E-state index contributed by atoms with van der Waals surface area (Å²) in [5.74, 6) is -0.496. The number of carbonyl (C=O) groups excluding carboxylic acids is 2. The number of fused-ring (bicyclic) bond motifs is 1. The van der Waals surface area contributed by atoms with Gasteiger partial charge in [-0.05, 0) is 35.2 Å². The van der Waals surface area contributed by atoms with Crippen LogP contribution in [0.5, 0.6) is 0 Å². The standard InChI is InChI=1S/C28H40O4/c1-2-3-4-5-6-7-8-9-10-13-21-31-27(29)17-14-18-28(30)32-23-24-19-20-25-15-11-12-16-26(25)22-24/h11-12,15-16,19-20,22H,2-10,13-14,17-18,21,23H2,1H3. The second kappa shape index (κ2) is 16.3. The van der Waals surface area contributed by atoms with Crippen LogP contribution in [0.25, 0.3) is 10.8 Å². The number of carbonyl (C=O) groups is 2. The van der Waals surface area contributed by atoms with Gasteiger partial charge in [0.05, 0.1) is 6.61 Å².